The van der Waals surface area contributed by atoms with Crippen LogP contribution in [0.25, 0.3) is 11.1 Å². The van der Waals surface area contributed by atoms with Gasteiger partial charge in [0.1, 0.15) is 10.6 Å². The zero-order valence-electron chi connectivity index (χ0n) is 12.2. The Kier molecular flexibility index (Phi) is 5.00. The molecule has 22 heavy (non-hydrogen) atoms. The molecule has 0 aliphatic heterocycles. The molecule has 0 fully saturated rings. The van der Waals surface area contributed by atoms with Gasteiger partial charge in [0.15, 0.2) is 0 Å². The van der Waals surface area contributed by atoms with E-state index in [4.69, 9.17) is 15.2 Å². The van der Waals surface area contributed by atoms with Gasteiger partial charge in [-0.15, -0.1) is 11.3 Å². The molecule has 0 unspecified atom stereocenters. The molecule has 2 amide bonds. The van der Waals surface area contributed by atoms with Crippen LogP contribution < -0.4 is 15.8 Å². The molecule has 7 heteroatoms. The standard InChI is InChI=1S/C15H16N2O4S/c1-3-21-14(18)13-12(17-15(16)19)11(8-22-13)9-4-6-10(20-2)7-5-9/h4-8H,3H2,1-2H3,(H3,16,17,19). The molecule has 0 saturated heterocycles. The predicted molar refractivity (Wildman–Crippen MR) is 85.5 cm³/mol. The van der Waals surface area contributed by atoms with E-state index >= 15 is 0 Å². The van der Waals surface area contributed by atoms with Crippen molar-refractivity contribution in [3.8, 4) is 16.9 Å². The summed E-state index contributed by atoms with van der Waals surface area (Å²) in [6.45, 7) is 1.97. The van der Waals surface area contributed by atoms with Crippen LogP contribution >= 0.6 is 11.3 Å². The van der Waals surface area contributed by atoms with Crippen molar-refractivity contribution >= 4 is 29.0 Å². The van der Waals surface area contributed by atoms with E-state index < -0.39 is 12.0 Å². The third-order valence-corrected chi connectivity index (χ3v) is 3.86. The molecule has 0 atom stereocenters. The Morgan fingerprint density at radius 1 is 1.27 bits per heavy atom. The zero-order chi connectivity index (χ0) is 16.1. The summed E-state index contributed by atoms with van der Waals surface area (Å²) in [7, 11) is 1.58. The first-order valence-corrected chi connectivity index (χ1v) is 7.44. The minimum atomic E-state index is -0.737. The van der Waals surface area contributed by atoms with Crippen LogP contribution in [0.2, 0.25) is 0 Å². The van der Waals surface area contributed by atoms with Gasteiger partial charge in [0, 0.05) is 10.9 Å². The number of rotatable bonds is 5. The number of thiophene rings is 1. The summed E-state index contributed by atoms with van der Waals surface area (Å²) in [6, 6.07) is 6.53. The van der Waals surface area contributed by atoms with Gasteiger partial charge in [-0.3, -0.25) is 0 Å². The third kappa shape index (κ3) is 3.37. The number of nitrogens with one attached hydrogen (secondary N) is 1. The van der Waals surface area contributed by atoms with E-state index in [1.807, 2.05) is 12.1 Å². The van der Waals surface area contributed by atoms with Gasteiger partial charge in [-0.05, 0) is 24.6 Å². The molecule has 1 aromatic carbocycles. The Bertz CT molecular complexity index is 679. The second kappa shape index (κ2) is 6.95. The molecule has 3 N–H and O–H groups in total. The smallest absolute Gasteiger partial charge is 0.350 e. The van der Waals surface area contributed by atoms with Crippen molar-refractivity contribution in [1.82, 2.24) is 0 Å². The summed E-state index contributed by atoms with van der Waals surface area (Å²) < 4.78 is 10.1. The van der Waals surface area contributed by atoms with E-state index in [1.54, 1.807) is 31.5 Å². The number of hydrogen-bond acceptors (Lipinski definition) is 5. The van der Waals surface area contributed by atoms with Crippen LogP contribution in [0, 0.1) is 0 Å². The molecule has 0 aliphatic carbocycles. The predicted octanol–water partition coefficient (Wildman–Crippen LogP) is 3.09. The number of hydrogen-bond donors (Lipinski definition) is 2. The first kappa shape index (κ1) is 15.8. The van der Waals surface area contributed by atoms with E-state index in [0.717, 1.165) is 5.56 Å². The lowest BCUT2D eigenvalue weighted by atomic mass is 10.1. The molecule has 1 heterocycles. The second-order valence-electron chi connectivity index (χ2n) is 4.29. The molecule has 0 spiro atoms. The van der Waals surface area contributed by atoms with Crippen molar-refractivity contribution in [1.29, 1.82) is 0 Å². The highest BCUT2D eigenvalue weighted by atomic mass is 32.1. The molecule has 1 aromatic heterocycles. The molecule has 0 radical (unpaired) electrons. The summed E-state index contributed by atoms with van der Waals surface area (Å²) in [5.41, 5.74) is 7.10. The number of esters is 1. The van der Waals surface area contributed by atoms with Gasteiger partial charge in [-0.2, -0.15) is 0 Å². The van der Waals surface area contributed by atoms with Crippen molar-refractivity contribution in [2.24, 2.45) is 5.73 Å². The van der Waals surface area contributed by atoms with Crippen molar-refractivity contribution in [3.63, 3.8) is 0 Å². The van der Waals surface area contributed by atoms with Crippen LogP contribution in [-0.2, 0) is 4.74 Å². The number of amides is 2. The second-order valence-corrected chi connectivity index (χ2v) is 5.17. The van der Waals surface area contributed by atoms with E-state index in [0.29, 0.717) is 21.9 Å². The Labute approximate surface area is 131 Å². The number of primary amides is 1. The lowest BCUT2D eigenvalue weighted by molar-refractivity contribution is 0.0533. The zero-order valence-corrected chi connectivity index (χ0v) is 13.0. The average molecular weight is 320 g/mol. The summed E-state index contributed by atoms with van der Waals surface area (Å²) in [4.78, 5) is 23.5. The summed E-state index contributed by atoms with van der Waals surface area (Å²) in [5.74, 6) is 0.227. The average Bonchev–Trinajstić information content (AvgIpc) is 2.90. The Hall–Kier alpha value is -2.54. The highest BCUT2D eigenvalue weighted by molar-refractivity contribution is 7.13. The van der Waals surface area contributed by atoms with Gasteiger partial charge in [-0.1, -0.05) is 12.1 Å². The van der Waals surface area contributed by atoms with E-state index in [9.17, 15) is 9.59 Å². The minimum absolute atomic E-state index is 0.255. The molecular weight excluding hydrogens is 304 g/mol. The number of urea groups is 1. The maximum atomic E-state index is 12.0. The van der Waals surface area contributed by atoms with Crippen LogP contribution in [0.1, 0.15) is 16.6 Å². The summed E-state index contributed by atoms with van der Waals surface area (Å²) in [5, 5.41) is 4.28. The Morgan fingerprint density at radius 3 is 2.50 bits per heavy atom. The fraction of sp³-hybridized carbons (Fsp3) is 0.200. The molecule has 2 aromatic rings. The quantitative estimate of drug-likeness (QED) is 0.828. The highest BCUT2D eigenvalue weighted by Gasteiger charge is 2.21. The first-order chi connectivity index (χ1) is 10.6. The maximum absolute atomic E-state index is 12.0. The monoisotopic (exact) mass is 320 g/mol. The lowest BCUT2D eigenvalue weighted by Gasteiger charge is -2.08. The number of methoxy groups -OCH3 is 1. The van der Waals surface area contributed by atoms with Gasteiger partial charge in [0.2, 0.25) is 0 Å². The molecule has 0 aliphatic rings. The van der Waals surface area contributed by atoms with Crippen LogP contribution in [0.5, 0.6) is 5.75 Å². The molecule has 6 nitrogen and oxygen atoms in total. The maximum Gasteiger partial charge on any atom is 0.350 e. The minimum Gasteiger partial charge on any atom is -0.497 e. The Morgan fingerprint density at radius 2 is 1.95 bits per heavy atom. The number of anilines is 1. The van der Waals surface area contributed by atoms with Gasteiger partial charge < -0.3 is 20.5 Å². The fourth-order valence-corrected chi connectivity index (χ4v) is 2.86. The van der Waals surface area contributed by atoms with Gasteiger partial charge in [0.25, 0.3) is 0 Å². The largest absolute Gasteiger partial charge is 0.497 e. The summed E-state index contributed by atoms with van der Waals surface area (Å²) >= 11 is 1.19. The number of nitrogens with two attached hydrogens (primary N) is 1. The number of carbonyl (C=O) groups excluding carboxylic acids is 2. The van der Waals surface area contributed by atoms with Gasteiger partial charge >= 0.3 is 12.0 Å². The van der Waals surface area contributed by atoms with Crippen LogP contribution in [0.15, 0.2) is 29.6 Å². The number of benzene rings is 1. The number of ether oxygens (including phenoxy) is 2. The third-order valence-electron chi connectivity index (χ3n) is 2.90. The molecular formula is C15H16N2O4S. The van der Waals surface area contributed by atoms with Crippen molar-refractivity contribution in [2.45, 2.75) is 6.92 Å². The lowest BCUT2D eigenvalue weighted by Crippen LogP contribution is -2.21. The van der Waals surface area contributed by atoms with E-state index in [1.165, 1.54) is 11.3 Å². The van der Waals surface area contributed by atoms with E-state index in [2.05, 4.69) is 5.32 Å². The van der Waals surface area contributed by atoms with Crippen molar-refractivity contribution < 1.29 is 19.1 Å². The van der Waals surface area contributed by atoms with Gasteiger partial charge in [-0.25, -0.2) is 9.59 Å². The fourth-order valence-electron chi connectivity index (χ4n) is 1.94. The molecule has 116 valence electrons. The molecule has 2 rings (SSSR count). The SMILES string of the molecule is CCOC(=O)c1scc(-c2ccc(OC)cc2)c1NC(N)=O. The van der Waals surface area contributed by atoms with Gasteiger partial charge in [0.05, 0.1) is 19.4 Å². The molecule has 0 bridgehead atoms. The topological polar surface area (TPSA) is 90.7 Å². The normalized spacial score (nSPS) is 10.1. The van der Waals surface area contributed by atoms with E-state index in [-0.39, 0.29) is 6.61 Å². The molecule has 0 saturated carbocycles. The summed E-state index contributed by atoms with van der Waals surface area (Å²) in [6.07, 6.45) is 0. The number of carbonyl (C=O) groups is 2. The van der Waals surface area contributed by atoms with Crippen molar-refractivity contribution in [2.75, 3.05) is 19.0 Å². The van der Waals surface area contributed by atoms with Crippen molar-refractivity contribution in [3.05, 3.63) is 34.5 Å². The van der Waals surface area contributed by atoms with Crippen LogP contribution in [-0.4, -0.2) is 25.7 Å². The first-order valence-electron chi connectivity index (χ1n) is 6.56. The van der Waals surface area contributed by atoms with Crippen LogP contribution in [0.4, 0.5) is 10.5 Å². The Balaban J connectivity index is 2.45. The van der Waals surface area contributed by atoms with Crippen LogP contribution in [0.3, 0.4) is 0 Å². The highest BCUT2D eigenvalue weighted by Crippen LogP contribution is 2.37.